The first-order valence-corrected chi connectivity index (χ1v) is 8.83. The molecule has 0 atom stereocenters. The van der Waals surface area contributed by atoms with Crippen molar-refractivity contribution in [2.75, 3.05) is 25.1 Å². The second-order valence-electron chi connectivity index (χ2n) is 6.04. The van der Waals surface area contributed by atoms with Crippen LogP contribution in [-0.4, -0.2) is 43.4 Å². The number of ketones is 1. The molecule has 9 nitrogen and oxygen atoms in total. The monoisotopic (exact) mass is 410 g/mol. The number of aliphatic carboxylic acids is 1. The van der Waals surface area contributed by atoms with E-state index >= 15 is 0 Å². The van der Waals surface area contributed by atoms with Gasteiger partial charge in [-0.25, -0.2) is 4.79 Å². The number of hydrogen-bond donors (Lipinski definition) is 1. The highest BCUT2D eigenvalue weighted by Crippen LogP contribution is 2.30. The highest BCUT2D eigenvalue weighted by atomic mass is 16.6. The fourth-order valence-corrected chi connectivity index (χ4v) is 2.60. The molecule has 0 unspecified atom stereocenters. The molecule has 0 saturated carbocycles. The quantitative estimate of drug-likeness (QED) is 0.402. The van der Waals surface area contributed by atoms with E-state index in [2.05, 4.69) is 5.32 Å². The van der Waals surface area contributed by atoms with Gasteiger partial charge in [-0.1, -0.05) is 12.1 Å². The summed E-state index contributed by atoms with van der Waals surface area (Å²) in [7, 11) is 0. The van der Waals surface area contributed by atoms with Gasteiger partial charge in [0, 0.05) is 11.6 Å². The van der Waals surface area contributed by atoms with Crippen molar-refractivity contribution in [3.63, 3.8) is 0 Å². The summed E-state index contributed by atoms with van der Waals surface area (Å²) in [5.41, 5.74) is 0.394. The lowest BCUT2D eigenvalue weighted by Gasteiger charge is -2.18. The van der Waals surface area contributed by atoms with Crippen LogP contribution in [0.2, 0.25) is 0 Å². The van der Waals surface area contributed by atoms with Gasteiger partial charge >= 0.3 is 5.97 Å². The molecule has 2 aromatic carbocycles. The van der Waals surface area contributed by atoms with E-state index < -0.39 is 30.2 Å². The van der Waals surface area contributed by atoms with Crippen LogP contribution in [0.3, 0.4) is 0 Å². The molecule has 154 valence electrons. The summed E-state index contributed by atoms with van der Waals surface area (Å²) in [6, 6.07) is 10.6. The third kappa shape index (κ3) is 5.22. The van der Waals surface area contributed by atoms with Crippen LogP contribution in [0.1, 0.15) is 20.7 Å². The third-order valence-corrected chi connectivity index (χ3v) is 3.97. The Balaban J connectivity index is 1.64. The molecule has 0 aliphatic carbocycles. The second kappa shape index (κ2) is 9.37. The molecule has 0 saturated heterocycles. The SMILES string of the molecule is O=C([O-])/C=C/C(=O)Nc1ccccc1C(=O)OCC(=O)c1ccc2c(c1)OCCO2. The van der Waals surface area contributed by atoms with Gasteiger partial charge in [-0.15, -0.1) is 0 Å². The molecular weight excluding hydrogens is 394 g/mol. The zero-order valence-electron chi connectivity index (χ0n) is 15.6. The third-order valence-electron chi connectivity index (χ3n) is 3.97. The van der Waals surface area contributed by atoms with Crippen molar-refractivity contribution in [3.8, 4) is 11.5 Å². The summed E-state index contributed by atoms with van der Waals surface area (Å²) in [5.74, 6) is -2.61. The minimum absolute atomic E-state index is 0.00248. The number of carboxylic acid groups (broad SMARTS) is 1. The van der Waals surface area contributed by atoms with Gasteiger partial charge in [0.05, 0.1) is 17.2 Å². The smallest absolute Gasteiger partial charge is 0.340 e. The summed E-state index contributed by atoms with van der Waals surface area (Å²) in [5, 5.41) is 12.7. The number of carbonyl (C=O) groups is 4. The highest BCUT2D eigenvalue weighted by Gasteiger charge is 2.18. The molecule has 3 rings (SSSR count). The van der Waals surface area contributed by atoms with Crippen LogP contribution in [0, 0.1) is 0 Å². The topological polar surface area (TPSA) is 131 Å². The number of para-hydroxylation sites is 1. The van der Waals surface area contributed by atoms with Crippen LogP contribution < -0.4 is 19.9 Å². The van der Waals surface area contributed by atoms with Gasteiger partial charge < -0.3 is 29.4 Å². The van der Waals surface area contributed by atoms with Gasteiger partial charge in [-0.05, 0) is 36.4 Å². The summed E-state index contributed by atoms with van der Waals surface area (Å²) in [4.78, 5) is 46.9. The van der Waals surface area contributed by atoms with E-state index in [0.29, 0.717) is 36.4 Å². The maximum absolute atomic E-state index is 12.4. The molecule has 1 amide bonds. The molecule has 0 aromatic heterocycles. The predicted molar refractivity (Wildman–Crippen MR) is 101 cm³/mol. The zero-order valence-corrected chi connectivity index (χ0v) is 15.6. The standard InChI is InChI=1S/C21H17NO8/c23-16(13-5-6-17-18(11-13)29-10-9-28-17)12-30-21(27)14-3-1-2-4-15(14)22-19(24)7-8-20(25)26/h1-8,11H,9-10,12H2,(H,22,24)(H,25,26)/p-1/b8-7+. The van der Waals surface area contributed by atoms with Crippen LogP contribution >= 0.6 is 0 Å². The van der Waals surface area contributed by atoms with E-state index in [9.17, 15) is 24.3 Å². The Labute approximate surface area is 170 Å². The van der Waals surface area contributed by atoms with Crippen LogP contribution in [0.25, 0.3) is 0 Å². The van der Waals surface area contributed by atoms with Crippen molar-refractivity contribution in [2.45, 2.75) is 0 Å². The van der Waals surface area contributed by atoms with Crippen LogP contribution in [-0.2, 0) is 14.3 Å². The molecule has 0 bridgehead atoms. The molecule has 30 heavy (non-hydrogen) atoms. The molecule has 9 heteroatoms. The predicted octanol–water partition coefficient (Wildman–Crippen LogP) is 0.742. The number of amides is 1. The van der Waals surface area contributed by atoms with Crippen molar-refractivity contribution in [1.82, 2.24) is 0 Å². The normalized spacial score (nSPS) is 12.3. The Morgan fingerprint density at radius 3 is 2.50 bits per heavy atom. The van der Waals surface area contributed by atoms with E-state index in [0.717, 1.165) is 6.08 Å². The molecule has 0 radical (unpaired) electrons. The van der Waals surface area contributed by atoms with Gasteiger partial charge in [0.25, 0.3) is 0 Å². The summed E-state index contributed by atoms with van der Waals surface area (Å²) in [6.45, 7) is 0.280. The molecular formula is C21H16NO8-. The minimum Gasteiger partial charge on any atom is -0.545 e. The van der Waals surface area contributed by atoms with E-state index in [1.807, 2.05) is 0 Å². The zero-order chi connectivity index (χ0) is 21.5. The van der Waals surface area contributed by atoms with Gasteiger partial charge in [0.2, 0.25) is 5.91 Å². The number of hydrogen-bond acceptors (Lipinski definition) is 8. The lowest BCUT2D eigenvalue weighted by Crippen LogP contribution is -2.20. The fraction of sp³-hybridized carbons (Fsp3) is 0.143. The largest absolute Gasteiger partial charge is 0.545 e. The number of carboxylic acids is 1. The number of ether oxygens (including phenoxy) is 3. The van der Waals surface area contributed by atoms with Crippen molar-refractivity contribution < 1.29 is 38.5 Å². The second-order valence-corrected chi connectivity index (χ2v) is 6.04. The number of rotatable bonds is 7. The van der Waals surface area contributed by atoms with E-state index in [4.69, 9.17) is 14.2 Å². The Kier molecular flexibility index (Phi) is 6.43. The van der Waals surface area contributed by atoms with Crippen LogP contribution in [0.15, 0.2) is 54.6 Å². The summed E-state index contributed by atoms with van der Waals surface area (Å²) < 4.78 is 15.9. The molecule has 0 fully saturated rings. The van der Waals surface area contributed by atoms with E-state index in [1.165, 1.54) is 18.2 Å². The molecule has 1 aliphatic rings. The van der Waals surface area contributed by atoms with E-state index in [-0.39, 0.29) is 11.3 Å². The van der Waals surface area contributed by atoms with E-state index in [1.54, 1.807) is 24.3 Å². The molecule has 1 N–H and O–H groups in total. The number of anilines is 1. The molecule has 1 heterocycles. The van der Waals surface area contributed by atoms with Gasteiger partial charge in [-0.3, -0.25) is 9.59 Å². The number of nitrogens with one attached hydrogen (secondary N) is 1. The average Bonchev–Trinajstić information content (AvgIpc) is 2.75. The number of esters is 1. The number of fused-ring (bicyclic) bond motifs is 1. The fourth-order valence-electron chi connectivity index (χ4n) is 2.60. The first-order chi connectivity index (χ1) is 14.4. The number of carbonyl (C=O) groups excluding carboxylic acids is 4. The average molecular weight is 410 g/mol. The lowest BCUT2D eigenvalue weighted by atomic mass is 10.1. The first-order valence-electron chi connectivity index (χ1n) is 8.83. The van der Waals surface area contributed by atoms with Crippen LogP contribution in [0.4, 0.5) is 5.69 Å². The van der Waals surface area contributed by atoms with Gasteiger partial charge in [0.15, 0.2) is 23.9 Å². The van der Waals surface area contributed by atoms with Crippen LogP contribution in [0.5, 0.6) is 11.5 Å². The molecule has 0 spiro atoms. The maximum Gasteiger partial charge on any atom is 0.340 e. The Hall–Kier alpha value is -4.14. The van der Waals surface area contributed by atoms with Gasteiger partial charge in [0.1, 0.15) is 13.2 Å². The number of Topliss-reactive ketones (excluding diaryl/α,β-unsaturated/α-hetero) is 1. The maximum atomic E-state index is 12.4. The molecule has 1 aliphatic heterocycles. The Morgan fingerprint density at radius 1 is 1.00 bits per heavy atom. The van der Waals surface area contributed by atoms with Crippen molar-refractivity contribution >= 4 is 29.3 Å². The number of benzene rings is 2. The first kappa shape index (κ1) is 20.6. The van der Waals surface area contributed by atoms with Crippen molar-refractivity contribution in [3.05, 3.63) is 65.7 Å². The van der Waals surface area contributed by atoms with Gasteiger partial charge in [-0.2, -0.15) is 0 Å². The highest BCUT2D eigenvalue weighted by molar-refractivity contribution is 6.07. The van der Waals surface area contributed by atoms with Crippen molar-refractivity contribution in [2.24, 2.45) is 0 Å². The van der Waals surface area contributed by atoms with Crippen molar-refractivity contribution in [1.29, 1.82) is 0 Å². The Bertz CT molecular complexity index is 1030. The minimum atomic E-state index is -1.53. The summed E-state index contributed by atoms with van der Waals surface area (Å²) in [6.07, 6.45) is 1.31. The summed E-state index contributed by atoms with van der Waals surface area (Å²) >= 11 is 0. The Morgan fingerprint density at radius 2 is 1.73 bits per heavy atom. The molecule has 2 aromatic rings. The lowest BCUT2D eigenvalue weighted by molar-refractivity contribution is -0.297.